The lowest BCUT2D eigenvalue weighted by atomic mass is 10.1. The first-order valence-electron chi connectivity index (χ1n) is 6.11. The normalized spacial score (nSPS) is 11.4. The highest BCUT2D eigenvalue weighted by Gasteiger charge is 2.15. The maximum atomic E-state index is 10.8. The van der Waals surface area contributed by atoms with Crippen LogP contribution >= 0.6 is 11.6 Å². The van der Waals surface area contributed by atoms with Crippen LogP contribution in [0.3, 0.4) is 0 Å². The van der Waals surface area contributed by atoms with Crippen molar-refractivity contribution in [2.45, 2.75) is 32.7 Å². The van der Waals surface area contributed by atoms with Crippen molar-refractivity contribution in [3.8, 4) is 5.75 Å². The third kappa shape index (κ3) is 5.89. The van der Waals surface area contributed by atoms with E-state index in [1.165, 1.54) is 18.2 Å². The third-order valence-corrected chi connectivity index (χ3v) is 2.59. The highest BCUT2D eigenvalue weighted by molar-refractivity contribution is 6.30. The van der Waals surface area contributed by atoms with Crippen molar-refractivity contribution in [3.05, 3.63) is 33.3 Å². The summed E-state index contributed by atoms with van der Waals surface area (Å²) in [5, 5.41) is 14.6. The molecule has 0 amide bonds. The van der Waals surface area contributed by atoms with Crippen LogP contribution in [0.4, 0.5) is 5.69 Å². The summed E-state index contributed by atoms with van der Waals surface area (Å²) in [7, 11) is 0. The Morgan fingerprint density at radius 1 is 1.42 bits per heavy atom. The van der Waals surface area contributed by atoms with E-state index >= 15 is 0 Å². The minimum absolute atomic E-state index is 0.0576. The number of nitro benzene ring substituents is 1. The zero-order valence-electron chi connectivity index (χ0n) is 11.4. The van der Waals surface area contributed by atoms with Crippen LogP contribution in [0.25, 0.3) is 0 Å². The lowest BCUT2D eigenvalue weighted by Crippen LogP contribution is -2.36. The molecule has 0 bridgehead atoms. The van der Waals surface area contributed by atoms with Crippen molar-refractivity contribution in [1.82, 2.24) is 5.32 Å². The molecule has 1 aromatic rings. The van der Waals surface area contributed by atoms with Gasteiger partial charge in [-0.05, 0) is 39.8 Å². The Kier molecular flexibility index (Phi) is 5.57. The molecule has 0 saturated heterocycles. The number of nitrogens with one attached hydrogen (secondary N) is 1. The fraction of sp³-hybridized carbons (Fsp3) is 0.538. The van der Waals surface area contributed by atoms with Crippen molar-refractivity contribution in [3.63, 3.8) is 0 Å². The Labute approximate surface area is 118 Å². The van der Waals surface area contributed by atoms with Gasteiger partial charge in [0.1, 0.15) is 0 Å². The molecule has 0 spiro atoms. The molecule has 0 unspecified atom stereocenters. The molecule has 0 aromatic heterocycles. The van der Waals surface area contributed by atoms with E-state index in [9.17, 15) is 10.1 Å². The molecule has 0 atom stereocenters. The smallest absolute Gasteiger partial charge is 0.311 e. The molecule has 0 heterocycles. The second-order valence-electron chi connectivity index (χ2n) is 5.25. The van der Waals surface area contributed by atoms with Crippen LogP contribution in [-0.4, -0.2) is 23.6 Å². The van der Waals surface area contributed by atoms with Gasteiger partial charge in [0.05, 0.1) is 11.5 Å². The minimum Gasteiger partial charge on any atom is -0.487 e. The highest BCUT2D eigenvalue weighted by Crippen LogP contribution is 2.29. The van der Waals surface area contributed by atoms with Gasteiger partial charge in [-0.3, -0.25) is 10.1 Å². The van der Waals surface area contributed by atoms with Crippen LogP contribution in [0.15, 0.2) is 18.2 Å². The van der Waals surface area contributed by atoms with Crippen LogP contribution in [0.2, 0.25) is 5.02 Å². The van der Waals surface area contributed by atoms with Gasteiger partial charge in [-0.25, -0.2) is 0 Å². The number of halogens is 1. The van der Waals surface area contributed by atoms with Crippen LogP contribution in [0.1, 0.15) is 27.2 Å². The summed E-state index contributed by atoms with van der Waals surface area (Å²) in [5.74, 6) is 0.216. The van der Waals surface area contributed by atoms with Gasteiger partial charge in [0.2, 0.25) is 0 Å². The first-order valence-corrected chi connectivity index (χ1v) is 6.49. The molecule has 106 valence electrons. The van der Waals surface area contributed by atoms with E-state index in [0.717, 1.165) is 13.0 Å². The lowest BCUT2D eigenvalue weighted by Gasteiger charge is -2.20. The molecule has 0 radical (unpaired) electrons. The first-order chi connectivity index (χ1) is 8.79. The van der Waals surface area contributed by atoms with Crippen molar-refractivity contribution in [2.75, 3.05) is 13.2 Å². The molecule has 0 aliphatic carbocycles. The van der Waals surface area contributed by atoms with E-state index in [4.69, 9.17) is 16.3 Å². The average Bonchev–Trinajstić information content (AvgIpc) is 2.26. The van der Waals surface area contributed by atoms with Crippen LogP contribution in [0.5, 0.6) is 5.75 Å². The predicted molar refractivity (Wildman–Crippen MR) is 76.0 cm³/mol. The van der Waals surface area contributed by atoms with Gasteiger partial charge >= 0.3 is 5.69 Å². The largest absolute Gasteiger partial charge is 0.487 e. The van der Waals surface area contributed by atoms with E-state index in [1.807, 2.05) is 0 Å². The second-order valence-corrected chi connectivity index (χ2v) is 5.68. The Hall–Kier alpha value is -1.33. The molecule has 0 aliphatic rings. The summed E-state index contributed by atoms with van der Waals surface area (Å²) in [6, 6.07) is 4.30. The van der Waals surface area contributed by atoms with E-state index in [2.05, 4.69) is 26.1 Å². The summed E-state index contributed by atoms with van der Waals surface area (Å²) < 4.78 is 5.43. The Balaban J connectivity index is 2.49. The molecular formula is C13H19ClN2O3. The van der Waals surface area contributed by atoms with E-state index < -0.39 is 4.92 Å². The maximum Gasteiger partial charge on any atom is 0.311 e. The Bertz CT molecular complexity index is 444. The Morgan fingerprint density at radius 3 is 2.68 bits per heavy atom. The summed E-state index contributed by atoms with van der Waals surface area (Å²) in [6.07, 6.45) is 0.765. The zero-order chi connectivity index (χ0) is 14.5. The molecule has 6 heteroatoms. The Morgan fingerprint density at radius 2 is 2.11 bits per heavy atom. The van der Waals surface area contributed by atoms with E-state index in [1.54, 1.807) is 0 Å². The SMILES string of the molecule is CC(C)(C)NCCCOc1cc(Cl)ccc1[N+](=O)[O-]. The third-order valence-electron chi connectivity index (χ3n) is 2.35. The number of hydrogen-bond donors (Lipinski definition) is 1. The summed E-state index contributed by atoms with van der Waals surface area (Å²) in [6.45, 7) is 7.43. The number of benzene rings is 1. The van der Waals surface area contributed by atoms with Crippen LogP contribution in [-0.2, 0) is 0 Å². The molecule has 19 heavy (non-hydrogen) atoms. The summed E-state index contributed by atoms with van der Waals surface area (Å²) in [4.78, 5) is 10.4. The topological polar surface area (TPSA) is 64.4 Å². The van der Waals surface area contributed by atoms with Crippen LogP contribution in [0, 0.1) is 10.1 Å². The number of rotatable bonds is 6. The van der Waals surface area contributed by atoms with Gasteiger partial charge in [-0.2, -0.15) is 0 Å². The minimum atomic E-state index is -0.473. The van der Waals surface area contributed by atoms with E-state index in [-0.39, 0.29) is 17.0 Å². The average molecular weight is 287 g/mol. The summed E-state index contributed by atoms with van der Waals surface area (Å²) >= 11 is 5.81. The number of nitrogens with zero attached hydrogens (tertiary/aromatic N) is 1. The number of hydrogen-bond acceptors (Lipinski definition) is 4. The maximum absolute atomic E-state index is 10.8. The van der Waals surface area contributed by atoms with Gasteiger partial charge in [0, 0.05) is 22.7 Å². The molecule has 1 aromatic carbocycles. The van der Waals surface area contributed by atoms with Gasteiger partial charge in [0.15, 0.2) is 5.75 Å². The van der Waals surface area contributed by atoms with Crippen molar-refractivity contribution in [1.29, 1.82) is 0 Å². The second kappa shape index (κ2) is 6.73. The van der Waals surface area contributed by atoms with Gasteiger partial charge in [0.25, 0.3) is 0 Å². The van der Waals surface area contributed by atoms with Crippen molar-refractivity contribution < 1.29 is 9.66 Å². The molecule has 0 aliphatic heterocycles. The molecule has 1 N–H and O–H groups in total. The fourth-order valence-corrected chi connectivity index (χ4v) is 1.63. The highest BCUT2D eigenvalue weighted by atomic mass is 35.5. The molecule has 1 rings (SSSR count). The van der Waals surface area contributed by atoms with E-state index in [0.29, 0.717) is 11.6 Å². The number of ether oxygens (including phenoxy) is 1. The lowest BCUT2D eigenvalue weighted by molar-refractivity contribution is -0.385. The molecule has 5 nitrogen and oxygen atoms in total. The molecular weight excluding hydrogens is 268 g/mol. The monoisotopic (exact) mass is 286 g/mol. The fourth-order valence-electron chi connectivity index (χ4n) is 1.47. The first kappa shape index (κ1) is 15.7. The predicted octanol–water partition coefficient (Wildman–Crippen LogP) is 3.41. The van der Waals surface area contributed by atoms with Crippen LogP contribution < -0.4 is 10.1 Å². The van der Waals surface area contributed by atoms with Crippen molar-refractivity contribution >= 4 is 17.3 Å². The van der Waals surface area contributed by atoms with Gasteiger partial charge in [-0.15, -0.1) is 0 Å². The molecule has 0 fully saturated rings. The quantitative estimate of drug-likeness (QED) is 0.494. The summed E-state index contributed by atoms with van der Waals surface area (Å²) in [5.41, 5.74) is -0.00428. The van der Waals surface area contributed by atoms with Gasteiger partial charge in [-0.1, -0.05) is 11.6 Å². The van der Waals surface area contributed by atoms with Crippen molar-refractivity contribution in [2.24, 2.45) is 0 Å². The number of nitro groups is 1. The molecule has 0 saturated carbocycles. The zero-order valence-corrected chi connectivity index (χ0v) is 12.2. The standard InChI is InChI=1S/C13H19ClN2O3/c1-13(2,3)15-7-4-8-19-12-9-10(14)5-6-11(12)16(17)18/h5-6,9,15H,4,7-8H2,1-3H3. The van der Waals surface area contributed by atoms with Gasteiger partial charge < -0.3 is 10.1 Å².